The summed E-state index contributed by atoms with van der Waals surface area (Å²) in [5, 5.41) is 11.4. The second kappa shape index (κ2) is 11.8. The number of methoxy groups -OCH3 is 1. The minimum atomic E-state index is -0.740. The van der Waals surface area contributed by atoms with Gasteiger partial charge in [0.2, 0.25) is 0 Å². The number of ether oxygens (including phenoxy) is 1. The van der Waals surface area contributed by atoms with Crippen LogP contribution in [0.4, 0.5) is 10.1 Å². The highest BCUT2D eigenvalue weighted by atomic mass is 35.5. The van der Waals surface area contributed by atoms with Crippen LogP contribution in [0, 0.1) is 11.2 Å². The number of likely N-dealkylation sites (tertiary alicyclic amines) is 1. The first-order valence-corrected chi connectivity index (χ1v) is 11.5. The number of hydrogen-bond acceptors (Lipinski definition) is 5. The van der Waals surface area contributed by atoms with Crippen LogP contribution in [0.1, 0.15) is 52.2 Å². The Kier molecular flexibility index (Phi) is 8.77. The van der Waals surface area contributed by atoms with Crippen molar-refractivity contribution in [2.75, 3.05) is 25.5 Å². The van der Waals surface area contributed by atoms with Crippen molar-refractivity contribution in [2.24, 2.45) is 0 Å². The lowest BCUT2D eigenvalue weighted by atomic mass is 10.0. The van der Waals surface area contributed by atoms with Gasteiger partial charge in [-0.1, -0.05) is 25.1 Å². The molecule has 3 aromatic rings. The van der Waals surface area contributed by atoms with Gasteiger partial charge in [0.25, 0.3) is 5.91 Å². The van der Waals surface area contributed by atoms with E-state index in [-0.39, 0.29) is 42.3 Å². The van der Waals surface area contributed by atoms with Gasteiger partial charge in [0.05, 0.1) is 29.8 Å². The first-order chi connectivity index (χ1) is 16.9. The van der Waals surface area contributed by atoms with E-state index in [1.54, 1.807) is 24.3 Å². The number of halogens is 2. The molecule has 1 aromatic heterocycles. The van der Waals surface area contributed by atoms with E-state index in [0.29, 0.717) is 22.0 Å². The topological polar surface area (TPSA) is 95.4 Å². The van der Waals surface area contributed by atoms with Gasteiger partial charge in [0, 0.05) is 36.1 Å². The zero-order chi connectivity index (χ0) is 24.9. The van der Waals surface area contributed by atoms with E-state index < -0.39 is 11.7 Å². The van der Waals surface area contributed by atoms with Gasteiger partial charge in [-0.2, -0.15) is 0 Å². The van der Waals surface area contributed by atoms with E-state index in [2.05, 4.69) is 10.3 Å². The van der Waals surface area contributed by atoms with E-state index in [0.717, 1.165) is 25.9 Å². The van der Waals surface area contributed by atoms with Crippen molar-refractivity contribution in [3.63, 3.8) is 0 Å². The number of rotatable bonds is 7. The maximum atomic E-state index is 14.9. The van der Waals surface area contributed by atoms with Gasteiger partial charge >= 0.3 is 0 Å². The van der Waals surface area contributed by atoms with Crippen molar-refractivity contribution < 1.29 is 18.7 Å². The van der Waals surface area contributed by atoms with Crippen molar-refractivity contribution >= 4 is 34.8 Å². The fourth-order valence-electron chi connectivity index (χ4n) is 3.92. The number of carbonyl (C=O) groups excluding carboxylic acids is 2. The predicted octanol–water partition coefficient (Wildman–Crippen LogP) is 5.62. The number of hydrogen-bond donors (Lipinski definition) is 2. The van der Waals surface area contributed by atoms with Gasteiger partial charge < -0.3 is 15.0 Å². The Morgan fingerprint density at radius 1 is 1.11 bits per heavy atom. The van der Waals surface area contributed by atoms with Crippen LogP contribution in [0.25, 0.3) is 0 Å². The molecule has 1 amide bonds. The van der Waals surface area contributed by atoms with Gasteiger partial charge in [-0.25, -0.2) is 4.39 Å². The van der Waals surface area contributed by atoms with Crippen LogP contribution in [0.15, 0.2) is 54.7 Å². The molecule has 1 saturated heterocycles. The lowest BCUT2D eigenvalue weighted by Gasteiger charge is -2.19. The number of ketones is 1. The van der Waals surface area contributed by atoms with Crippen molar-refractivity contribution in [1.82, 2.24) is 9.88 Å². The highest BCUT2D eigenvalue weighted by molar-refractivity contribution is 6.30. The summed E-state index contributed by atoms with van der Waals surface area (Å²) in [5.74, 6) is -1.07. The Hall–Kier alpha value is -3.78. The zero-order valence-electron chi connectivity index (χ0n) is 19.1. The maximum Gasteiger partial charge on any atom is 0.258 e. The second-order valence-corrected chi connectivity index (χ2v) is 8.61. The summed E-state index contributed by atoms with van der Waals surface area (Å²) in [5.41, 5.74) is 1.18. The van der Waals surface area contributed by atoms with Gasteiger partial charge in [-0.05, 0) is 55.3 Å². The van der Waals surface area contributed by atoms with E-state index in [1.807, 2.05) is 4.90 Å². The average molecular weight is 511 g/mol. The summed E-state index contributed by atoms with van der Waals surface area (Å²) in [6.07, 6.45) is 3.44. The molecular formula is C27H28ClFN4O3. The Bertz CT molecular complexity index is 1270. The van der Waals surface area contributed by atoms with Crippen LogP contribution in [0.2, 0.25) is 5.02 Å². The van der Waals surface area contributed by atoms with Crippen molar-refractivity contribution in [1.29, 1.82) is 5.41 Å². The lowest BCUT2D eigenvalue weighted by molar-refractivity contribution is 0.0992. The molecule has 2 aromatic carbocycles. The number of nitrogens with zero attached hydrogens (tertiary/aromatic N) is 2. The van der Waals surface area contributed by atoms with Crippen LogP contribution < -0.4 is 10.1 Å². The number of aromatic nitrogens is 1. The summed E-state index contributed by atoms with van der Waals surface area (Å²) in [7, 11) is 1.47. The van der Waals surface area contributed by atoms with Crippen LogP contribution in [0.5, 0.6) is 5.75 Å². The normalized spacial score (nSPS) is 12.6. The van der Waals surface area contributed by atoms with Gasteiger partial charge in [0.1, 0.15) is 17.4 Å². The number of pyridine rings is 1. The smallest absolute Gasteiger partial charge is 0.258 e. The van der Waals surface area contributed by atoms with E-state index in [4.69, 9.17) is 21.7 Å². The highest BCUT2D eigenvalue weighted by Crippen LogP contribution is 2.25. The molecule has 1 aliphatic heterocycles. The lowest BCUT2D eigenvalue weighted by Crippen LogP contribution is -2.28. The highest BCUT2D eigenvalue weighted by Gasteiger charge is 2.21. The molecule has 36 heavy (non-hydrogen) atoms. The summed E-state index contributed by atoms with van der Waals surface area (Å²) in [4.78, 5) is 32.0. The first kappa shape index (κ1) is 26.8. The third-order valence-electron chi connectivity index (χ3n) is 5.82. The molecule has 0 radical (unpaired) electrons. The maximum absolute atomic E-state index is 14.9. The molecule has 0 atom stereocenters. The van der Waals surface area contributed by atoms with Gasteiger partial charge in [-0.15, -0.1) is 0 Å². The van der Waals surface area contributed by atoms with Crippen LogP contribution in [-0.2, 0) is 6.42 Å². The van der Waals surface area contributed by atoms with Crippen molar-refractivity contribution in [3.8, 4) is 5.75 Å². The monoisotopic (exact) mass is 510 g/mol. The number of carbonyl (C=O) groups is 2. The van der Waals surface area contributed by atoms with Gasteiger partial charge in [0.15, 0.2) is 5.78 Å². The Morgan fingerprint density at radius 2 is 1.86 bits per heavy atom. The number of Topliss-reactive ketones (excluding diaryl/α,β-unsaturated/α-hetero) is 1. The molecule has 7 nitrogen and oxygen atoms in total. The molecular weight excluding hydrogens is 483 g/mol. The standard InChI is InChI=1S/C26H24ClFN4O3.CH4/c1-35-19-7-9-23(21(14-19)24(33)13-18-6-5-17(27)15-30-18)31-26(34)20-8-4-16(12-22(20)28)25(29)32-10-2-3-11-32;/h4-9,12,14-15,29H,2-3,10-11,13H2,1H3,(H,31,34);1H4. The Labute approximate surface area is 214 Å². The van der Waals surface area contributed by atoms with E-state index in [9.17, 15) is 14.0 Å². The van der Waals surface area contributed by atoms with Crippen LogP contribution in [-0.4, -0.2) is 47.6 Å². The first-order valence-electron chi connectivity index (χ1n) is 11.1. The minimum absolute atomic E-state index is 0. The molecule has 1 fully saturated rings. The molecule has 188 valence electrons. The molecule has 0 bridgehead atoms. The third kappa shape index (κ3) is 6.07. The summed E-state index contributed by atoms with van der Waals surface area (Å²) in [6, 6.07) is 12.1. The molecule has 1 aliphatic rings. The van der Waals surface area contributed by atoms with Crippen LogP contribution >= 0.6 is 11.6 Å². The molecule has 0 unspecified atom stereocenters. The average Bonchev–Trinajstić information content (AvgIpc) is 3.40. The third-order valence-corrected chi connectivity index (χ3v) is 6.04. The Balaban J connectivity index is 0.00000361. The molecule has 9 heteroatoms. The van der Waals surface area contributed by atoms with Crippen molar-refractivity contribution in [3.05, 3.63) is 88.0 Å². The molecule has 0 aliphatic carbocycles. The largest absolute Gasteiger partial charge is 0.497 e. The number of anilines is 1. The minimum Gasteiger partial charge on any atom is -0.497 e. The van der Waals surface area contributed by atoms with E-state index in [1.165, 1.54) is 37.6 Å². The van der Waals surface area contributed by atoms with Crippen LogP contribution in [0.3, 0.4) is 0 Å². The fourth-order valence-corrected chi connectivity index (χ4v) is 4.03. The second-order valence-electron chi connectivity index (χ2n) is 8.17. The Morgan fingerprint density at radius 3 is 2.50 bits per heavy atom. The molecule has 0 spiro atoms. The van der Waals surface area contributed by atoms with Crippen molar-refractivity contribution in [2.45, 2.75) is 26.7 Å². The number of benzene rings is 2. The molecule has 2 heterocycles. The van der Waals surface area contributed by atoms with E-state index >= 15 is 0 Å². The fraction of sp³-hybridized carbons (Fsp3) is 0.259. The molecule has 0 saturated carbocycles. The zero-order valence-corrected chi connectivity index (χ0v) is 19.9. The summed E-state index contributed by atoms with van der Waals surface area (Å²) < 4.78 is 20.1. The van der Waals surface area contributed by atoms with Gasteiger partial charge in [-0.3, -0.25) is 20.0 Å². The summed E-state index contributed by atoms with van der Waals surface area (Å²) >= 11 is 5.86. The number of amidine groups is 1. The number of nitrogens with one attached hydrogen (secondary N) is 2. The quantitative estimate of drug-likeness (QED) is 0.244. The molecule has 2 N–H and O–H groups in total. The predicted molar refractivity (Wildman–Crippen MR) is 139 cm³/mol. The number of amides is 1. The molecule has 4 rings (SSSR count). The SMILES string of the molecule is C.COc1ccc(NC(=O)c2ccc(C(=N)N3CCCC3)cc2F)c(C(=O)Cc2ccc(Cl)cn2)c1. The summed E-state index contributed by atoms with van der Waals surface area (Å²) in [6.45, 7) is 1.53.